The van der Waals surface area contributed by atoms with Crippen LogP contribution in [0.5, 0.6) is 5.75 Å². The lowest BCUT2D eigenvalue weighted by Gasteiger charge is -2.10. The lowest BCUT2D eigenvalue weighted by atomic mass is 10.0. The summed E-state index contributed by atoms with van der Waals surface area (Å²) in [6.45, 7) is 2.01. The summed E-state index contributed by atoms with van der Waals surface area (Å²) in [6, 6.07) is 7.97. The molecule has 0 bridgehead atoms. The van der Waals surface area contributed by atoms with Crippen LogP contribution in [-0.4, -0.2) is 29.7 Å². The summed E-state index contributed by atoms with van der Waals surface area (Å²) < 4.78 is 12.5. The van der Waals surface area contributed by atoms with E-state index in [1.165, 1.54) is 7.11 Å². The SMILES string of the molecule is COC(=O)Cc1c(C)n(C)c2cc(-c3cccnc3)c(OC)cc12. The third-order valence-electron chi connectivity index (χ3n) is 4.47. The summed E-state index contributed by atoms with van der Waals surface area (Å²) in [7, 11) is 5.05. The molecule has 0 fully saturated rings. The molecule has 0 amide bonds. The Hall–Kier alpha value is -2.82. The number of carbonyl (C=O) groups excluding carboxylic acids is 1. The van der Waals surface area contributed by atoms with Crippen molar-refractivity contribution in [1.29, 1.82) is 0 Å². The van der Waals surface area contributed by atoms with Crippen LogP contribution in [0.1, 0.15) is 11.3 Å². The molecule has 1 aromatic carbocycles. The number of aryl methyl sites for hydroxylation is 1. The van der Waals surface area contributed by atoms with Crippen LogP contribution in [-0.2, 0) is 23.0 Å². The number of pyridine rings is 1. The van der Waals surface area contributed by atoms with Crippen molar-refractivity contribution < 1.29 is 14.3 Å². The summed E-state index contributed by atoms with van der Waals surface area (Å²) in [5.74, 6) is 0.508. The molecule has 3 rings (SSSR count). The Bertz CT molecular complexity index is 898. The van der Waals surface area contributed by atoms with E-state index in [0.29, 0.717) is 0 Å². The molecule has 5 nitrogen and oxygen atoms in total. The summed E-state index contributed by atoms with van der Waals surface area (Å²) in [5, 5.41) is 1.00. The van der Waals surface area contributed by atoms with Gasteiger partial charge in [-0.05, 0) is 30.7 Å². The van der Waals surface area contributed by atoms with Gasteiger partial charge < -0.3 is 14.0 Å². The lowest BCUT2D eigenvalue weighted by molar-refractivity contribution is -0.139. The molecule has 0 spiro atoms. The molecular weight excluding hydrogens is 304 g/mol. The van der Waals surface area contributed by atoms with E-state index in [9.17, 15) is 4.79 Å². The van der Waals surface area contributed by atoms with Crippen molar-refractivity contribution in [1.82, 2.24) is 9.55 Å². The van der Waals surface area contributed by atoms with E-state index in [1.54, 1.807) is 13.3 Å². The number of ether oxygens (including phenoxy) is 2. The minimum atomic E-state index is -0.249. The number of carbonyl (C=O) groups is 1. The zero-order chi connectivity index (χ0) is 17.3. The Morgan fingerprint density at radius 1 is 1.29 bits per heavy atom. The first kappa shape index (κ1) is 16.1. The van der Waals surface area contributed by atoms with Gasteiger partial charge in [-0.3, -0.25) is 9.78 Å². The van der Waals surface area contributed by atoms with Crippen LogP contribution in [0.25, 0.3) is 22.0 Å². The first-order chi connectivity index (χ1) is 11.6. The number of benzene rings is 1. The van der Waals surface area contributed by atoms with E-state index in [2.05, 4.69) is 15.6 Å². The Morgan fingerprint density at radius 2 is 2.08 bits per heavy atom. The van der Waals surface area contributed by atoms with E-state index < -0.39 is 0 Å². The van der Waals surface area contributed by atoms with Gasteiger partial charge in [0, 0.05) is 47.2 Å². The van der Waals surface area contributed by atoms with E-state index in [1.807, 2.05) is 38.4 Å². The normalized spacial score (nSPS) is 10.8. The zero-order valence-electron chi connectivity index (χ0n) is 14.3. The van der Waals surface area contributed by atoms with Crippen molar-refractivity contribution in [2.24, 2.45) is 7.05 Å². The number of nitrogens with zero attached hydrogens (tertiary/aromatic N) is 2. The number of hydrogen-bond donors (Lipinski definition) is 0. The molecule has 2 aromatic heterocycles. The van der Waals surface area contributed by atoms with Crippen molar-refractivity contribution in [3.05, 3.63) is 47.9 Å². The number of rotatable bonds is 4. The van der Waals surface area contributed by atoms with Gasteiger partial charge in [0.05, 0.1) is 20.6 Å². The lowest BCUT2D eigenvalue weighted by Crippen LogP contribution is -2.05. The van der Waals surface area contributed by atoms with Crippen molar-refractivity contribution in [2.75, 3.05) is 14.2 Å². The second-order valence-corrected chi connectivity index (χ2v) is 5.69. The van der Waals surface area contributed by atoms with Crippen LogP contribution >= 0.6 is 0 Å². The maximum absolute atomic E-state index is 11.8. The van der Waals surface area contributed by atoms with Crippen LogP contribution in [0.3, 0.4) is 0 Å². The molecule has 2 heterocycles. The standard InChI is InChI=1S/C19H20N2O3/c1-12-14(10-19(22)24-4)16-9-18(23-3)15(8-17(16)21(12)2)13-6-5-7-20-11-13/h5-9,11H,10H2,1-4H3. The highest BCUT2D eigenvalue weighted by atomic mass is 16.5. The second kappa shape index (κ2) is 6.35. The summed E-state index contributed by atoms with van der Waals surface area (Å²) in [5.41, 5.74) is 5.02. The minimum absolute atomic E-state index is 0.245. The van der Waals surface area contributed by atoms with Crippen LogP contribution in [0.15, 0.2) is 36.7 Å². The molecular formula is C19H20N2O3. The third-order valence-corrected chi connectivity index (χ3v) is 4.47. The minimum Gasteiger partial charge on any atom is -0.496 e. The average Bonchev–Trinajstić information content (AvgIpc) is 2.85. The second-order valence-electron chi connectivity index (χ2n) is 5.69. The fourth-order valence-corrected chi connectivity index (χ4v) is 3.02. The number of hydrogen-bond acceptors (Lipinski definition) is 4. The molecule has 0 aliphatic heterocycles. The Balaban J connectivity index is 2.25. The number of esters is 1. The molecule has 124 valence electrons. The Kier molecular flexibility index (Phi) is 4.25. The van der Waals surface area contributed by atoms with Gasteiger partial charge in [0.15, 0.2) is 0 Å². The number of aromatic nitrogens is 2. The van der Waals surface area contributed by atoms with Crippen LogP contribution in [0, 0.1) is 6.92 Å². The molecule has 0 atom stereocenters. The van der Waals surface area contributed by atoms with E-state index in [0.717, 1.165) is 39.0 Å². The molecule has 0 N–H and O–H groups in total. The Labute approximate surface area is 140 Å². The van der Waals surface area contributed by atoms with Crippen molar-refractivity contribution in [3.8, 4) is 16.9 Å². The first-order valence-corrected chi connectivity index (χ1v) is 7.70. The largest absolute Gasteiger partial charge is 0.496 e. The van der Waals surface area contributed by atoms with Gasteiger partial charge in [-0.1, -0.05) is 6.07 Å². The quantitative estimate of drug-likeness (QED) is 0.691. The first-order valence-electron chi connectivity index (χ1n) is 7.70. The fourth-order valence-electron chi connectivity index (χ4n) is 3.02. The molecule has 3 aromatic rings. The molecule has 5 heteroatoms. The summed E-state index contributed by atoms with van der Waals surface area (Å²) in [6.07, 6.45) is 3.81. The predicted molar refractivity (Wildman–Crippen MR) is 93.2 cm³/mol. The van der Waals surface area contributed by atoms with E-state index in [4.69, 9.17) is 9.47 Å². The monoisotopic (exact) mass is 324 g/mol. The molecule has 0 saturated heterocycles. The van der Waals surface area contributed by atoms with Crippen molar-refractivity contribution in [2.45, 2.75) is 13.3 Å². The third kappa shape index (κ3) is 2.62. The highest BCUT2D eigenvalue weighted by Crippen LogP contribution is 2.37. The van der Waals surface area contributed by atoms with Crippen LogP contribution in [0.4, 0.5) is 0 Å². The van der Waals surface area contributed by atoms with Gasteiger partial charge in [-0.2, -0.15) is 0 Å². The number of methoxy groups -OCH3 is 2. The van der Waals surface area contributed by atoms with Gasteiger partial charge in [-0.15, -0.1) is 0 Å². The van der Waals surface area contributed by atoms with Gasteiger partial charge >= 0.3 is 5.97 Å². The molecule has 0 aliphatic rings. The van der Waals surface area contributed by atoms with Gasteiger partial charge in [0.2, 0.25) is 0 Å². The smallest absolute Gasteiger partial charge is 0.310 e. The predicted octanol–water partition coefficient (Wildman–Crippen LogP) is 3.27. The maximum Gasteiger partial charge on any atom is 0.310 e. The fraction of sp³-hybridized carbons (Fsp3) is 0.263. The van der Waals surface area contributed by atoms with Crippen LogP contribution < -0.4 is 4.74 Å². The average molecular weight is 324 g/mol. The molecule has 0 radical (unpaired) electrons. The highest BCUT2D eigenvalue weighted by molar-refractivity contribution is 5.94. The highest BCUT2D eigenvalue weighted by Gasteiger charge is 2.18. The van der Waals surface area contributed by atoms with Gasteiger partial charge in [0.25, 0.3) is 0 Å². The molecule has 24 heavy (non-hydrogen) atoms. The van der Waals surface area contributed by atoms with E-state index in [-0.39, 0.29) is 12.4 Å². The van der Waals surface area contributed by atoms with Gasteiger partial charge in [-0.25, -0.2) is 0 Å². The molecule has 0 unspecified atom stereocenters. The van der Waals surface area contributed by atoms with Crippen molar-refractivity contribution in [3.63, 3.8) is 0 Å². The van der Waals surface area contributed by atoms with Crippen molar-refractivity contribution >= 4 is 16.9 Å². The summed E-state index contributed by atoms with van der Waals surface area (Å²) in [4.78, 5) is 15.9. The number of fused-ring (bicyclic) bond motifs is 1. The topological polar surface area (TPSA) is 53.4 Å². The molecule has 0 saturated carbocycles. The summed E-state index contributed by atoms with van der Waals surface area (Å²) >= 11 is 0. The maximum atomic E-state index is 11.8. The molecule has 0 aliphatic carbocycles. The Morgan fingerprint density at radius 3 is 2.71 bits per heavy atom. The zero-order valence-corrected chi connectivity index (χ0v) is 14.3. The van der Waals surface area contributed by atoms with E-state index >= 15 is 0 Å². The van der Waals surface area contributed by atoms with Crippen LogP contribution in [0.2, 0.25) is 0 Å². The van der Waals surface area contributed by atoms with Gasteiger partial charge in [0.1, 0.15) is 5.75 Å².